The van der Waals surface area contributed by atoms with E-state index in [-0.39, 0.29) is 17.3 Å². The van der Waals surface area contributed by atoms with Crippen molar-refractivity contribution in [2.24, 2.45) is 0 Å². The predicted octanol–water partition coefficient (Wildman–Crippen LogP) is 3.13. The lowest BCUT2D eigenvalue weighted by molar-refractivity contribution is 0.0697. The number of aromatic carboxylic acids is 1. The first-order chi connectivity index (χ1) is 9.92. The van der Waals surface area contributed by atoms with Gasteiger partial charge in [0.25, 0.3) is 0 Å². The second-order valence-electron chi connectivity index (χ2n) is 4.53. The van der Waals surface area contributed by atoms with E-state index in [9.17, 15) is 14.0 Å². The third kappa shape index (κ3) is 4.35. The van der Waals surface area contributed by atoms with Gasteiger partial charge in [0.1, 0.15) is 5.82 Å². The number of hydrogen-bond donors (Lipinski definition) is 2. The average Bonchev–Trinajstić information content (AvgIpc) is 2.45. The number of nitrogens with zero attached hydrogens (tertiary/aromatic N) is 1. The number of hydrogen-bond acceptors (Lipinski definition) is 3. The Morgan fingerprint density at radius 3 is 2.67 bits per heavy atom. The molecule has 7 heteroatoms. The topological polar surface area (TPSA) is 69.6 Å². The molecule has 0 bridgehead atoms. The third-order valence-electron chi connectivity index (χ3n) is 3.17. The minimum absolute atomic E-state index is 0.0000477. The molecule has 0 saturated heterocycles. The first kappa shape index (κ1) is 17.3. The average molecular weight is 314 g/mol. The lowest BCUT2D eigenvalue weighted by atomic mass is 10.1. The normalized spacial score (nSPS) is 11.8. The van der Waals surface area contributed by atoms with Gasteiger partial charge >= 0.3 is 12.0 Å². The van der Waals surface area contributed by atoms with Gasteiger partial charge in [-0.2, -0.15) is 11.8 Å². The number of thioether (sulfide) groups is 1. The standard InChI is InChI=1S/C14H19FN2O3S/c1-4-9(8-21-3)17(2)14(20)16-12-10(13(18)19)6-5-7-11(12)15/h5-7,9H,4,8H2,1-3H3,(H,16,20)(H,18,19). The predicted molar refractivity (Wildman–Crippen MR) is 82.6 cm³/mol. The number of carbonyl (C=O) groups is 2. The fraction of sp³-hybridized carbons (Fsp3) is 0.429. The van der Waals surface area contributed by atoms with Gasteiger partial charge in [-0.25, -0.2) is 14.0 Å². The number of carboxylic acid groups (broad SMARTS) is 1. The molecule has 1 aromatic rings. The van der Waals surface area contributed by atoms with Gasteiger partial charge in [-0.3, -0.25) is 0 Å². The van der Waals surface area contributed by atoms with Gasteiger partial charge in [0.05, 0.1) is 11.3 Å². The van der Waals surface area contributed by atoms with Gasteiger partial charge in [0, 0.05) is 18.8 Å². The van der Waals surface area contributed by atoms with Crippen LogP contribution in [0.3, 0.4) is 0 Å². The molecule has 0 aliphatic carbocycles. The molecule has 0 spiro atoms. The largest absolute Gasteiger partial charge is 0.478 e. The Hall–Kier alpha value is -1.76. The van der Waals surface area contributed by atoms with Crippen LogP contribution in [0.25, 0.3) is 0 Å². The molecule has 1 atom stereocenters. The summed E-state index contributed by atoms with van der Waals surface area (Å²) in [5.41, 5.74) is -0.574. The van der Waals surface area contributed by atoms with Crippen LogP contribution in [0.4, 0.5) is 14.9 Å². The summed E-state index contributed by atoms with van der Waals surface area (Å²) in [5, 5.41) is 11.4. The summed E-state index contributed by atoms with van der Waals surface area (Å²) < 4.78 is 13.8. The van der Waals surface area contributed by atoms with E-state index in [0.717, 1.165) is 18.2 Å². The van der Waals surface area contributed by atoms with Gasteiger partial charge < -0.3 is 15.3 Å². The van der Waals surface area contributed by atoms with Crippen LogP contribution in [0, 0.1) is 5.82 Å². The van der Waals surface area contributed by atoms with E-state index < -0.39 is 17.8 Å². The molecule has 2 amide bonds. The van der Waals surface area contributed by atoms with E-state index in [1.165, 1.54) is 17.0 Å². The van der Waals surface area contributed by atoms with Crippen molar-refractivity contribution in [1.82, 2.24) is 4.90 Å². The second-order valence-corrected chi connectivity index (χ2v) is 5.44. The lowest BCUT2D eigenvalue weighted by Gasteiger charge is -2.27. The molecule has 1 aromatic carbocycles. The molecule has 116 valence electrons. The highest BCUT2D eigenvalue weighted by atomic mass is 32.2. The molecule has 0 fully saturated rings. The zero-order valence-corrected chi connectivity index (χ0v) is 13.0. The van der Waals surface area contributed by atoms with E-state index in [0.29, 0.717) is 0 Å². The zero-order valence-electron chi connectivity index (χ0n) is 12.2. The van der Waals surface area contributed by atoms with Crippen LogP contribution < -0.4 is 5.32 Å². The summed E-state index contributed by atoms with van der Waals surface area (Å²) in [6.07, 6.45) is 2.70. The lowest BCUT2D eigenvalue weighted by Crippen LogP contribution is -2.41. The van der Waals surface area contributed by atoms with E-state index in [4.69, 9.17) is 5.11 Å². The minimum atomic E-state index is -1.29. The molecule has 0 saturated carbocycles. The van der Waals surface area contributed by atoms with Crippen LogP contribution in [0.5, 0.6) is 0 Å². The molecule has 2 N–H and O–H groups in total. The summed E-state index contributed by atoms with van der Waals surface area (Å²) in [6.45, 7) is 1.95. The van der Waals surface area contributed by atoms with E-state index in [2.05, 4.69) is 5.32 Å². The number of nitrogens with one attached hydrogen (secondary N) is 1. The summed E-state index contributed by atoms with van der Waals surface area (Å²) >= 11 is 1.61. The van der Waals surface area contributed by atoms with Gasteiger partial charge in [-0.05, 0) is 24.8 Å². The fourth-order valence-electron chi connectivity index (χ4n) is 1.89. The van der Waals surface area contributed by atoms with Crippen molar-refractivity contribution in [2.45, 2.75) is 19.4 Å². The summed E-state index contributed by atoms with van der Waals surface area (Å²) in [4.78, 5) is 24.7. The molecule has 0 radical (unpaired) electrons. The Morgan fingerprint density at radius 1 is 1.48 bits per heavy atom. The third-order valence-corrected chi connectivity index (χ3v) is 3.89. The first-order valence-corrected chi connectivity index (χ1v) is 7.86. The smallest absolute Gasteiger partial charge is 0.337 e. The number of halogens is 1. The van der Waals surface area contributed by atoms with Gasteiger partial charge in [0.2, 0.25) is 0 Å². The van der Waals surface area contributed by atoms with Crippen molar-refractivity contribution < 1.29 is 19.1 Å². The zero-order chi connectivity index (χ0) is 16.0. The van der Waals surface area contributed by atoms with Crippen molar-refractivity contribution in [2.75, 3.05) is 24.4 Å². The number of rotatable bonds is 6. The van der Waals surface area contributed by atoms with E-state index in [1.54, 1.807) is 18.8 Å². The molecule has 1 rings (SSSR count). The van der Waals surface area contributed by atoms with Crippen LogP contribution in [0.2, 0.25) is 0 Å². The number of para-hydroxylation sites is 1. The summed E-state index contributed by atoms with van der Waals surface area (Å²) in [7, 11) is 1.61. The van der Waals surface area contributed by atoms with Crippen LogP contribution >= 0.6 is 11.8 Å². The van der Waals surface area contributed by atoms with Crippen molar-refractivity contribution in [3.63, 3.8) is 0 Å². The highest BCUT2D eigenvalue weighted by Crippen LogP contribution is 2.21. The van der Waals surface area contributed by atoms with E-state index in [1.807, 2.05) is 13.2 Å². The molecule has 0 aliphatic heterocycles. The number of benzene rings is 1. The van der Waals surface area contributed by atoms with Crippen molar-refractivity contribution in [1.29, 1.82) is 0 Å². The molecule has 0 heterocycles. The highest BCUT2D eigenvalue weighted by molar-refractivity contribution is 7.98. The Morgan fingerprint density at radius 2 is 2.14 bits per heavy atom. The number of anilines is 1. The minimum Gasteiger partial charge on any atom is -0.478 e. The van der Waals surface area contributed by atoms with Crippen LogP contribution in [-0.4, -0.2) is 47.1 Å². The molecular weight excluding hydrogens is 295 g/mol. The number of amides is 2. The Labute approximate surface area is 127 Å². The highest BCUT2D eigenvalue weighted by Gasteiger charge is 2.22. The van der Waals surface area contributed by atoms with Crippen LogP contribution in [0.15, 0.2) is 18.2 Å². The molecule has 0 aliphatic rings. The summed E-state index contributed by atoms with van der Waals surface area (Å²) in [6, 6.07) is 3.13. The first-order valence-electron chi connectivity index (χ1n) is 6.46. The Bertz CT molecular complexity index is 525. The quantitative estimate of drug-likeness (QED) is 0.846. The van der Waals surface area contributed by atoms with Crippen LogP contribution in [0.1, 0.15) is 23.7 Å². The van der Waals surface area contributed by atoms with Crippen LogP contribution in [-0.2, 0) is 0 Å². The molecule has 1 unspecified atom stereocenters. The molecule has 0 aromatic heterocycles. The maximum atomic E-state index is 13.8. The monoisotopic (exact) mass is 314 g/mol. The fourth-order valence-corrected chi connectivity index (χ4v) is 2.73. The van der Waals surface area contributed by atoms with E-state index >= 15 is 0 Å². The van der Waals surface area contributed by atoms with Crippen molar-refractivity contribution in [3.05, 3.63) is 29.6 Å². The molecular formula is C14H19FN2O3S. The number of carboxylic acids is 1. The summed E-state index contributed by atoms with van der Waals surface area (Å²) in [5.74, 6) is -1.30. The maximum Gasteiger partial charge on any atom is 0.337 e. The van der Waals surface area contributed by atoms with Gasteiger partial charge in [-0.1, -0.05) is 13.0 Å². The molecule has 21 heavy (non-hydrogen) atoms. The number of carbonyl (C=O) groups excluding carboxylic acids is 1. The second kappa shape index (κ2) is 7.87. The van der Waals surface area contributed by atoms with Crippen molar-refractivity contribution in [3.8, 4) is 0 Å². The Balaban J connectivity index is 2.95. The van der Waals surface area contributed by atoms with Crippen molar-refractivity contribution >= 4 is 29.4 Å². The number of urea groups is 1. The van der Waals surface area contributed by atoms with Gasteiger partial charge in [-0.15, -0.1) is 0 Å². The van der Waals surface area contributed by atoms with Gasteiger partial charge in [0.15, 0.2) is 0 Å². The maximum absolute atomic E-state index is 13.8. The Kier molecular flexibility index (Phi) is 6.48. The SMILES string of the molecule is CCC(CSC)N(C)C(=O)Nc1c(F)cccc1C(=O)O. The molecule has 5 nitrogen and oxygen atoms in total.